The number of aromatic amines is 2. The van der Waals surface area contributed by atoms with Crippen molar-refractivity contribution in [3.63, 3.8) is 0 Å². The number of aromatic nitrogens is 8. The normalized spacial score (nSPS) is 11.4. The molecule has 6 aromatic heterocycles. The molecular formula is C40H28B2F8FeN8. The SMILES string of the molecule is Cc1ccc2ccc3ccc(-c4nc5ccccc5[nH]4)nc3c2n1.Cc1ccc2ccc3ccc(-c4nc5ccccc5[nH]4)nc3c2n1.F[B-](F)(F)F.F[B-](F)(F)F.[Fe+2]. The monoisotopic (exact) mass is 850 g/mol. The summed E-state index contributed by atoms with van der Waals surface area (Å²) in [6, 6.07) is 40.7. The summed E-state index contributed by atoms with van der Waals surface area (Å²) in [6.07, 6.45) is 0. The number of para-hydroxylation sites is 4. The summed E-state index contributed by atoms with van der Waals surface area (Å²) in [5.74, 6) is 1.56. The summed E-state index contributed by atoms with van der Waals surface area (Å²) in [6.45, 7) is 4.00. The second-order valence-electron chi connectivity index (χ2n) is 12.9. The number of halogens is 8. The van der Waals surface area contributed by atoms with Crippen molar-refractivity contribution < 1.29 is 51.6 Å². The van der Waals surface area contributed by atoms with Gasteiger partial charge in [-0.2, -0.15) is 0 Å². The Morgan fingerprint density at radius 1 is 0.373 bits per heavy atom. The van der Waals surface area contributed by atoms with Gasteiger partial charge in [0.1, 0.15) is 11.4 Å². The predicted molar refractivity (Wildman–Crippen MR) is 214 cm³/mol. The molecule has 0 bridgehead atoms. The van der Waals surface area contributed by atoms with E-state index in [-0.39, 0.29) is 17.1 Å². The molecule has 2 N–H and O–H groups in total. The molecule has 6 heterocycles. The van der Waals surface area contributed by atoms with Gasteiger partial charge in [-0.25, -0.2) is 19.9 Å². The van der Waals surface area contributed by atoms with Crippen molar-refractivity contribution >= 4 is 80.2 Å². The number of aryl methyl sites for hydroxylation is 2. The zero-order valence-electron chi connectivity index (χ0n) is 30.8. The van der Waals surface area contributed by atoms with Gasteiger partial charge in [0, 0.05) is 32.9 Å². The van der Waals surface area contributed by atoms with E-state index in [2.05, 4.69) is 78.4 Å². The summed E-state index contributed by atoms with van der Waals surface area (Å²) in [5.41, 5.74) is 11.3. The fourth-order valence-electron chi connectivity index (χ4n) is 6.14. The zero-order chi connectivity index (χ0) is 41.2. The van der Waals surface area contributed by atoms with Crippen LogP contribution in [0.25, 0.3) is 88.7 Å². The van der Waals surface area contributed by atoms with Crippen molar-refractivity contribution in [1.29, 1.82) is 0 Å². The Morgan fingerprint density at radius 3 is 1.00 bits per heavy atom. The van der Waals surface area contributed by atoms with Gasteiger partial charge in [-0.15, -0.1) is 0 Å². The second kappa shape index (κ2) is 17.2. The van der Waals surface area contributed by atoms with E-state index in [0.717, 1.165) is 100 Å². The maximum atomic E-state index is 9.75. The number of rotatable bonds is 2. The molecule has 59 heavy (non-hydrogen) atoms. The first kappa shape index (κ1) is 42.2. The summed E-state index contributed by atoms with van der Waals surface area (Å²) in [7, 11) is -12.0. The van der Waals surface area contributed by atoms with Crippen molar-refractivity contribution in [2.24, 2.45) is 0 Å². The summed E-state index contributed by atoms with van der Waals surface area (Å²) in [5, 5.41) is 4.37. The molecule has 8 nitrogen and oxygen atoms in total. The summed E-state index contributed by atoms with van der Waals surface area (Å²) < 4.78 is 78.0. The fraction of sp³-hybridized carbons (Fsp3) is 0.0500. The topological polar surface area (TPSA) is 109 Å². The van der Waals surface area contributed by atoms with Gasteiger partial charge < -0.3 is 44.5 Å². The van der Waals surface area contributed by atoms with Crippen LogP contribution in [0.15, 0.2) is 121 Å². The molecule has 0 aliphatic heterocycles. The zero-order valence-corrected chi connectivity index (χ0v) is 31.9. The predicted octanol–water partition coefficient (Wildman–Crippen LogP) is 11.9. The van der Waals surface area contributed by atoms with Gasteiger partial charge in [0.15, 0.2) is 11.6 Å². The van der Waals surface area contributed by atoms with Crippen LogP contribution in [0.5, 0.6) is 0 Å². The van der Waals surface area contributed by atoms with E-state index >= 15 is 0 Å². The Balaban J connectivity index is 0.000000160. The molecule has 0 fully saturated rings. The van der Waals surface area contributed by atoms with E-state index in [9.17, 15) is 34.5 Å². The molecule has 0 aliphatic rings. The van der Waals surface area contributed by atoms with Gasteiger partial charge >= 0.3 is 31.6 Å². The number of nitrogens with zero attached hydrogens (tertiary/aromatic N) is 6. The molecule has 0 amide bonds. The minimum Gasteiger partial charge on any atom is -0.418 e. The van der Waals surface area contributed by atoms with Crippen LogP contribution < -0.4 is 0 Å². The third-order valence-electron chi connectivity index (χ3n) is 8.58. The largest absolute Gasteiger partial charge is 2.00 e. The average molecular weight is 850 g/mol. The molecule has 0 atom stereocenters. The van der Waals surface area contributed by atoms with Crippen LogP contribution in [0.2, 0.25) is 0 Å². The second-order valence-corrected chi connectivity index (χ2v) is 12.9. The van der Waals surface area contributed by atoms with Crippen molar-refractivity contribution in [3.8, 4) is 23.0 Å². The molecule has 0 unspecified atom stereocenters. The van der Waals surface area contributed by atoms with Gasteiger partial charge in [-0.1, -0.05) is 72.8 Å². The Hall–Kier alpha value is -6.45. The van der Waals surface area contributed by atoms with Gasteiger partial charge in [-0.3, -0.25) is 9.97 Å². The average Bonchev–Trinajstić information content (AvgIpc) is 3.82. The van der Waals surface area contributed by atoms with Crippen molar-refractivity contribution in [1.82, 2.24) is 39.9 Å². The molecule has 4 aromatic carbocycles. The van der Waals surface area contributed by atoms with Crippen molar-refractivity contribution in [2.75, 3.05) is 0 Å². The molecule has 0 saturated heterocycles. The molecule has 19 heteroatoms. The minimum atomic E-state index is -6.00. The van der Waals surface area contributed by atoms with Crippen LogP contribution >= 0.6 is 0 Å². The first-order valence-corrected chi connectivity index (χ1v) is 17.5. The molecular weight excluding hydrogens is 822 g/mol. The molecule has 0 radical (unpaired) electrons. The molecule has 0 spiro atoms. The molecule has 298 valence electrons. The van der Waals surface area contributed by atoms with Crippen LogP contribution in [0.3, 0.4) is 0 Å². The van der Waals surface area contributed by atoms with Crippen LogP contribution in [-0.4, -0.2) is 54.4 Å². The van der Waals surface area contributed by atoms with Crippen LogP contribution in [-0.2, 0) is 17.1 Å². The third kappa shape index (κ3) is 10.5. The standard InChI is InChI=1S/2C20H14N4.2BF4.Fe/c2*1-12-6-7-13-8-9-14-10-11-17(22-19(14)18(13)21-12)20-23-15-4-2-3-5-16(15)24-20;2*2-1(3,4)5;/h2*2-11H,1H3,(H,23,24);;;/q;;2*-1;+2. The molecule has 0 aliphatic carbocycles. The molecule has 10 rings (SSSR count). The van der Waals surface area contributed by atoms with Crippen LogP contribution in [0.4, 0.5) is 34.5 Å². The van der Waals surface area contributed by atoms with E-state index in [4.69, 9.17) is 9.97 Å². The Kier molecular flexibility index (Phi) is 12.3. The Labute approximate surface area is 340 Å². The van der Waals surface area contributed by atoms with Crippen molar-refractivity contribution in [2.45, 2.75) is 13.8 Å². The van der Waals surface area contributed by atoms with Gasteiger partial charge in [-0.05, 0) is 62.4 Å². The van der Waals surface area contributed by atoms with Crippen molar-refractivity contribution in [3.05, 3.63) is 133 Å². The van der Waals surface area contributed by atoms with E-state index in [1.165, 1.54) is 0 Å². The number of hydrogen-bond donors (Lipinski definition) is 2. The van der Waals surface area contributed by atoms with E-state index in [0.29, 0.717) is 0 Å². The van der Waals surface area contributed by atoms with Crippen LogP contribution in [0, 0.1) is 13.8 Å². The van der Waals surface area contributed by atoms with E-state index in [1.54, 1.807) is 0 Å². The smallest absolute Gasteiger partial charge is 0.418 e. The Morgan fingerprint density at radius 2 is 0.661 bits per heavy atom. The van der Waals surface area contributed by atoms with Gasteiger partial charge in [0.05, 0.1) is 44.1 Å². The Bertz CT molecular complexity index is 2800. The third-order valence-corrected chi connectivity index (χ3v) is 8.58. The first-order valence-electron chi connectivity index (χ1n) is 17.5. The maximum Gasteiger partial charge on any atom is 2.00 e. The summed E-state index contributed by atoms with van der Waals surface area (Å²) >= 11 is 0. The number of imidazole rings is 2. The maximum absolute atomic E-state index is 9.75. The number of nitrogens with one attached hydrogen (secondary N) is 2. The number of pyridine rings is 4. The van der Waals surface area contributed by atoms with Crippen LogP contribution in [0.1, 0.15) is 11.4 Å². The molecule has 0 saturated carbocycles. The van der Waals surface area contributed by atoms with Gasteiger partial charge in [0.25, 0.3) is 0 Å². The van der Waals surface area contributed by atoms with E-state index < -0.39 is 14.5 Å². The number of H-pyrrole nitrogens is 2. The van der Waals surface area contributed by atoms with Gasteiger partial charge in [0.2, 0.25) is 0 Å². The van der Waals surface area contributed by atoms with E-state index in [1.807, 2.05) is 86.6 Å². The molecule has 10 aromatic rings. The number of benzene rings is 4. The number of hydrogen-bond acceptors (Lipinski definition) is 6. The first-order chi connectivity index (χ1) is 27.6. The minimum absolute atomic E-state index is 0. The quantitative estimate of drug-likeness (QED) is 0.102. The summed E-state index contributed by atoms with van der Waals surface area (Å²) in [4.78, 5) is 35.1. The number of fused-ring (bicyclic) bond motifs is 8. The fourth-order valence-corrected chi connectivity index (χ4v) is 6.14.